The van der Waals surface area contributed by atoms with Crippen LogP contribution in [-0.2, 0) is 19.8 Å². The van der Waals surface area contributed by atoms with E-state index in [4.69, 9.17) is 4.98 Å². The number of piperazine rings is 1. The molecule has 3 heterocycles. The van der Waals surface area contributed by atoms with Crippen LogP contribution < -0.4 is 16.0 Å². The van der Waals surface area contributed by atoms with E-state index in [1.54, 1.807) is 23.0 Å². The summed E-state index contributed by atoms with van der Waals surface area (Å²) in [7, 11) is 1.86. The molecule has 5 rings (SSSR count). The summed E-state index contributed by atoms with van der Waals surface area (Å²) in [5.74, 6) is 0. The summed E-state index contributed by atoms with van der Waals surface area (Å²) >= 11 is 0. The molecule has 11 heteroatoms. The molecule has 0 aliphatic carbocycles. The maximum Gasteiger partial charge on any atom is 0.416 e. The number of rotatable bonds is 5. The molecule has 37 heavy (non-hydrogen) atoms. The van der Waals surface area contributed by atoms with Gasteiger partial charge in [-0.15, -0.1) is 0 Å². The number of halogens is 3. The topological polar surface area (TPSA) is 87.1 Å². The summed E-state index contributed by atoms with van der Waals surface area (Å²) in [6.45, 7) is 4.57. The first-order valence-corrected chi connectivity index (χ1v) is 11.9. The zero-order valence-electron chi connectivity index (χ0n) is 20.1. The Hall–Kier alpha value is -3.96. The number of benzene rings is 2. The summed E-state index contributed by atoms with van der Waals surface area (Å²) in [6, 6.07) is 13.2. The molecule has 3 N–H and O–H groups in total. The van der Waals surface area contributed by atoms with Gasteiger partial charge in [-0.25, -0.2) is 9.78 Å². The van der Waals surface area contributed by atoms with Gasteiger partial charge < -0.3 is 16.0 Å². The van der Waals surface area contributed by atoms with Crippen molar-refractivity contribution < 1.29 is 18.0 Å². The first kappa shape index (κ1) is 24.7. The Morgan fingerprint density at radius 1 is 1.03 bits per heavy atom. The Morgan fingerprint density at radius 3 is 2.49 bits per heavy atom. The van der Waals surface area contributed by atoms with E-state index in [9.17, 15) is 18.0 Å². The van der Waals surface area contributed by atoms with Gasteiger partial charge in [0.2, 0.25) is 0 Å². The highest BCUT2D eigenvalue weighted by atomic mass is 19.4. The summed E-state index contributed by atoms with van der Waals surface area (Å²) in [5, 5.41) is 13.8. The number of alkyl halides is 3. The van der Waals surface area contributed by atoms with Crippen LogP contribution in [0.2, 0.25) is 0 Å². The van der Waals surface area contributed by atoms with Crippen LogP contribution in [-0.4, -0.2) is 51.9 Å². The molecule has 8 nitrogen and oxygen atoms in total. The predicted octanol–water partition coefficient (Wildman–Crippen LogP) is 4.70. The summed E-state index contributed by atoms with van der Waals surface area (Å²) < 4.78 is 40.5. The lowest BCUT2D eigenvalue weighted by Crippen LogP contribution is -2.43. The molecule has 0 unspecified atom stereocenters. The van der Waals surface area contributed by atoms with Crippen LogP contribution >= 0.6 is 0 Å². The van der Waals surface area contributed by atoms with Gasteiger partial charge in [-0.05, 0) is 47.5 Å². The number of fused-ring (bicyclic) bond motifs is 1. The normalized spacial score (nSPS) is 14.6. The van der Waals surface area contributed by atoms with E-state index >= 15 is 0 Å². The molecule has 0 saturated carbocycles. The number of pyridine rings is 1. The molecule has 2 aromatic carbocycles. The molecular weight excluding hydrogens is 483 g/mol. The second-order valence-corrected chi connectivity index (χ2v) is 8.93. The number of hydrogen-bond acceptors (Lipinski definition) is 5. The van der Waals surface area contributed by atoms with E-state index in [0.29, 0.717) is 5.69 Å². The van der Waals surface area contributed by atoms with E-state index < -0.39 is 17.8 Å². The van der Waals surface area contributed by atoms with Gasteiger partial charge in [0.15, 0.2) is 5.65 Å². The van der Waals surface area contributed by atoms with Crippen LogP contribution in [0.4, 0.5) is 29.3 Å². The molecule has 192 valence electrons. The highest BCUT2D eigenvalue weighted by Gasteiger charge is 2.30. The summed E-state index contributed by atoms with van der Waals surface area (Å²) in [5.41, 5.74) is 3.41. The largest absolute Gasteiger partial charge is 0.416 e. The molecular formula is C26H26F3N7O. The van der Waals surface area contributed by atoms with Gasteiger partial charge in [0.05, 0.1) is 17.5 Å². The minimum absolute atomic E-state index is 0.0525. The van der Waals surface area contributed by atoms with Crippen LogP contribution in [0.1, 0.15) is 11.3 Å². The number of amides is 2. The fourth-order valence-electron chi connectivity index (χ4n) is 4.38. The molecule has 1 aliphatic heterocycles. The average molecular weight is 510 g/mol. The molecule has 2 amide bonds. The van der Waals surface area contributed by atoms with Crippen molar-refractivity contribution in [1.29, 1.82) is 0 Å². The number of hydrogen-bond donors (Lipinski definition) is 3. The maximum atomic E-state index is 12.9. The third-order valence-corrected chi connectivity index (χ3v) is 6.25. The fraction of sp³-hybridized carbons (Fsp3) is 0.269. The van der Waals surface area contributed by atoms with Crippen molar-refractivity contribution in [3.63, 3.8) is 0 Å². The predicted molar refractivity (Wildman–Crippen MR) is 136 cm³/mol. The van der Waals surface area contributed by atoms with E-state index in [1.807, 2.05) is 19.2 Å². The molecule has 0 radical (unpaired) electrons. The lowest BCUT2D eigenvalue weighted by Gasteiger charge is -2.27. The van der Waals surface area contributed by atoms with Crippen LogP contribution in [0.3, 0.4) is 0 Å². The Labute approximate surface area is 211 Å². The van der Waals surface area contributed by atoms with E-state index in [0.717, 1.165) is 72.7 Å². The van der Waals surface area contributed by atoms with Gasteiger partial charge in [0, 0.05) is 56.5 Å². The Balaban J connectivity index is 1.33. The van der Waals surface area contributed by atoms with Crippen molar-refractivity contribution in [2.24, 2.45) is 7.05 Å². The van der Waals surface area contributed by atoms with Crippen LogP contribution in [0.5, 0.6) is 0 Å². The van der Waals surface area contributed by atoms with E-state index in [2.05, 4.69) is 32.0 Å². The average Bonchev–Trinajstić information content (AvgIpc) is 3.25. The second-order valence-electron chi connectivity index (χ2n) is 8.93. The van der Waals surface area contributed by atoms with Gasteiger partial charge in [0.25, 0.3) is 0 Å². The van der Waals surface area contributed by atoms with Crippen molar-refractivity contribution in [2.75, 3.05) is 36.8 Å². The van der Waals surface area contributed by atoms with E-state index in [-0.39, 0.29) is 5.69 Å². The maximum absolute atomic E-state index is 12.9. The smallest absolute Gasteiger partial charge is 0.314 e. The number of carbonyl (C=O) groups excluding carboxylic acids is 1. The van der Waals surface area contributed by atoms with Gasteiger partial charge >= 0.3 is 12.2 Å². The van der Waals surface area contributed by atoms with Crippen LogP contribution in [0.25, 0.3) is 22.2 Å². The monoisotopic (exact) mass is 509 g/mol. The molecule has 0 bridgehead atoms. The number of aryl methyl sites for hydroxylation is 1. The molecule has 0 spiro atoms. The van der Waals surface area contributed by atoms with Crippen molar-refractivity contribution in [1.82, 2.24) is 25.0 Å². The molecule has 0 atom stereocenters. The third-order valence-electron chi connectivity index (χ3n) is 6.25. The highest BCUT2D eigenvalue weighted by molar-refractivity contribution is 6.00. The summed E-state index contributed by atoms with van der Waals surface area (Å²) in [4.78, 5) is 19.6. The number of urea groups is 1. The minimum atomic E-state index is -4.48. The van der Waals surface area contributed by atoms with Gasteiger partial charge in [-0.1, -0.05) is 18.2 Å². The Morgan fingerprint density at radius 2 is 1.76 bits per heavy atom. The quantitative estimate of drug-likeness (QED) is 0.363. The standard InChI is InChI=1S/C26H26F3N7O/c1-35-24-23(15-31-35)22(14-21(32-24)16-36-11-9-30-10-12-36)17-5-7-19(8-6-17)33-25(37)34-20-4-2-3-18(13-20)26(27,28)29/h2-8,13-15,30H,9-12,16H2,1H3,(H2,33,34,37). The summed E-state index contributed by atoms with van der Waals surface area (Å²) in [6.07, 6.45) is -2.69. The number of anilines is 2. The minimum Gasteiger partial charge on any atom is -0.314 e. The van der Waals surface area contributed by atoms with Gasteiger partial charge in [-0.3, -0.25) is 9.58 Å². The van der Waals surface area contributed by atoms with Gasteiger partial charge in [0.1, 0.15) is 0 Å². The third kappa shape index (κ3) is 5.73. The van der Waals surface area contributed by atoms with E-state index in [1.165, 1.54) is 12.1 Å². The number of carbonyl (C=O) groups is 1. The number of aromatic nitrogens is 3. The Kier molecular flexibility index (Phi) is 6.81. The fourth-order valence-corrected chi connectivity index (χ4v) is 4.38. The van der Waals surface area contributed by atoms with Crippen molar-refractivity contribution in [2.45, 2.75) is 12.7 Å². The van der Waals surface area contributed by atoms with Crippen LogP contribution in [0, 0.1) is 0 Å². The number of nitrogens with one attached hydrogen (secondary N) is 3. The molecule has 1 saturated heterocycles. The van der Waals surface area contributed by atoms with Gasteiger partial charge in [-0.2, -0.15) is 18.3 Å². The Bertz CT molecular complexity index is 1410. The SMILES string of the molecule is Cn1ncc2c(-c3ccc(NC(=O)Nc4cccc(C(F)(F)F)c4)cc3)cc(CN3CCNCC3)nc21. The zero-order valence-corrected chi connectivity index (χ0v) is 20.1. The van der Waals surface area contributed by atoms with Crippen molar-refractivity contribution >= 4 is 28.4 Å². The lowest BCUT2D eigenvalue weighted by molar-refractivity contribution is -0.137. The van der Waals surface area contributed by atoms with Crippen LogP contribution in [0.15, 0.2) is 60.8 Å². The highest BCUT2D eigenvalue weighted by Crippen LogP contribution is 2.31. The molecule has 1 aliphatic rings. The zero-order chi connectivity index (χ0) is 26.0. The van der Waals surface area contributed by atoms with Crippen molar-refractivity contribution in [3.05, 3.63) is 72.1 Å². The van der Waals surface area contributed by atoms with Crippen molar-refractivity contribution in [3.8, 4) is 11.1 Å². The molecule has 1 fully saturated rings. The first-order chi connectivity index (χ1) is 17.8. The molecule has 2 aromatic heterocycles. The molecule has 4 aromatic rings. The first-order valence-electron chi connectivity index (χ1n) is 11.9. The second kappa shape index (κ2) is 10.2. The lowest BCUT2D eigenvalue weighted by atomic mass is 10.0. The number of nitrogens with zero attached hydrogens (tertiary/aromatic N) is 4.